The zero-order valence-electron chi connectivity index (χ0n) is 20.4. The Morgan fingerprint density at radius 3 is 1.31 bits per heavy atom. The zero-order valence-corrected chi connectivity index (χ0v) is 20.4. The van der Waals surface area contributed by atoms with Crippen LogP contribution in [0.4, 0.5) is 0 Å². The van der Waals surface area contributed by atoms with E-state index < -0.39 is 29.1 Å². The van der Waals surface area contributed by atoms with Crippen LogP contribution in [0.3, 0.4) is 0 Å². The molecule has 3 rings (SSSR count). The molecule has 0 spiro atoms. The number of carbonyl (C=O) groups excluding carboxylic acids is 2. The third-order valence-electron chi connectivity index (χ3n) is 7.27. The Morgan fingerprint density at radius 1 is 0.750 bits per heavy atom. The third kappa shape index (κ3) is 3.80. The molecule has 1 aliphatic carbocycles. The normalized spacial score (nSPS) is 21.7. The van der Waals surface area contributed by atoms with Gasteiger partial charge in [0, 0.05) is 11.8 Å². The zero-order chi connectivity index (χ0) is 24.1. The van der Waals surface area contributed by atoms with Crippen molar-refractivity contribution >= 4 is 17.5 Å². The molecule has 0 amide bonds. The second-order valence-corrected chi connectivity index (χ2v) is 9.86. The van der Waals surface area contributed by atoms with E-state index in [1.165, 1.54) is 0 Å². The van der Waals surface area contributed by atoms with Gasteiger partial charge in [0.05, 0.1) is 5.92 Å². The molecular weight excluding hydrogens is 400 g/mol. The molecule has 3 unspecified atom stereocenters. The monoisotopic (exact) mass is 434 g/mol. The van der Waals surface area contributed by atoms with Crippen molar-refractivity contribution in [1.82, 2.24) is 0 Å². The second kappa shape index (κ2) is 8.31. The molecule has 0 bridgehead atoms. The van der Waals surface area contributed by atoms with Crippen LogP contribution in [-0.4, -0.2) is 22.6 Å². The number of carbonyl (C=O) groups is 3. The molecule has 0 aromatic heterocycles. The van der Waals surface area contributed by atoms with E-state index in [0.717, 1.165) is 44.5 Å². The van der Waals surface area contributed by atoms with E-state index in [1.54, 1.807) is 0 Å². The van der Waals surface area contributed by atoms with Gasteiger partial charge < -0.3 is 5.11 Å². The fourth-order valence-electron chi connectivity index (χ4n) is 6.01. The lowest BCUT2D eigenvalue weighted by Gasteiger charge is -2.26. The van der Waals surface area contributed by atoms with Crippen molar-refractivity contribution in [3.63, 3.8) is 0 Å². The van der Waals surface area contributed by atoms with Crippen LogP contribution < -0.4 is 0 Å². The molecule has 0 saturated heterocycles. The molecule has 1 saturated carbocycles. The quantitative estimate of drug-likeness (QED) is 0.570. The van der Waals surface area contributed by atoms with Crippen molar-refractivity contribution in [3.8, 4) is 0 Å². The van der Waals surface area contributed by atoms with Gasteiger partial charge in [-0.3, -0.25) is 14.4 Å². The number of carboxylic acid groups (broad SMARTS) is 1. The Balaban J connectivity index is 2.06. The maximum absolute atomic E-state index is 13.8. The molecule has 1 fully saturated rings. The highest BCUT2D eigenvalue weighted by molar-refractivity contribution is 6.17. The maximum atomic E-state index is 13.8. The highest BCUT2D eigenvalue weighted by Gasteiger charge is 2.69. The molecule has 4 nitrogen and oxygen atoms in total. The van der Waals surface area contributed by atoms with Gasteiger partial charge in [0.15, 0.2) is 11.6 Å². The SMILES string of the molecule is Cc1cc(C)c(C(C)C(=O)C2(C(=O)C(C)c3c(C)cc(C)cc3C)CC2C(=O)O)c(C)c1. The highest BCUT2D eigenvalue weighted by Crippen LogP contribution is 2.59. The maximum Gasteiger partial charge on any atom is 0.308 e. The highest BCUT2D eigenvalue weighted by atomic mass is 16.4. The number of Topliss-reactive ketones (excluding diaryl/α,β-unsaturated/α-hetero) is 2. The lowest BCUT2D eigenvalue weighted by Crippen LogP contribution is -2.36. The molecule has 1 N–H and O–H groups in total. The summed E-state index contributed by atoms with van der Waals surface area (Å²) in [4.78, 5) is 39.7. The average Bonchev–Trinajstić information content (AvgIpc) is 3.42. The van der Waals surface area contributed by atoms with E-state index >= 15 is 0 Å². The molecular formula is C28H34O4. The number of ketones is 2. The summed E-state index contributed by atoms with van der Waals surface area (Å²) in [6, 6.07) is 8.13. The largest absolute Gasteiger partial charge is 0.481 e. The number of rotatable bonds is 7. The Kier molecular flexibility index (Phi) is 6.21. The molecule has 0 heterocycles. The van der Waals surface area contributed by atoms with Crippen molar-refractivity contribution in [2.75, 3.05) is 0 Å². The van der Waals surface area contributed by atoms with Crippen molar-refractivity contribution in [1.29, 1.82) is 0 Å². The predicted molar refractivity (Wildman–Crippen MR) is 126 cm³/mol. The molecule has 32 heavy (non-hydrogen) atoms. The van der Waals surface area contributed by atoms with Gasteiger partial charge in [-0.15, -0.1) is 0 Å². The summed E-state index contributed by atoms with van der Waals surface area (Å²) < 4.78 is 0. The van der Waals surface area contributed by atoms with Crippen LogP contribution in [-0.2, 0) is 14.4 Å². The first-order valence-electron chi connectivity index (χ1n) is 11.3. The molecule has 2 aromatic carbocycles. The number of aryl methyl sites for hydroxylation is 6. The summed E-state index contributed by atoms with van der Waals surface area (Å²) in [5.74, 6) is -3.64. The average molecular weight is 435 g/mol. The van der Waals surface area contributed by atoms with Crippen LogP contribution in [0, 0.1) is 52.9 Å². The Hall–Kier alpha value is -2.75. The number of hydrogen-bond acceptors (Lipinski definition) is 3. The fourth-order valence-corrected chi connectivity index (χ4v) is 6.01. The van der Waals surface area contributed by atoms with Gasteiger partial charge >= 0.3 is 5.97 Å². The van der Waals surface area contributed by atoms with Gasteiger partial charge in [-0.1, -0.05) is 49.2 Å². The number of carboxylic acids is 1. The second-order valence-electron chi connectivity index (χ2n) is 9.86. The van der Waals surface area contributed by atoms with E-state index in [2.05, 4.69) is 0 Å². The van der Waals surface area contributed by atoms with Gasteiger partial charge in [-0.05, 0) is 81.3 Å². The third-order valence-corrected chi connectivity index (χ3v) is 7.27. The fraction of sp³-hybridized carbons (Fsp3) is 0.464. The van der Waals surface area contributed by atoms with E-state index in [4.69, 9.17) is 0 Å². The Labute approximate surface area is 191 Å². The van der Waals surface area contributed by atoms with E-state index in [0.29, 0.717) is 0 Å². The summed E-state index contributed by atoms with van der Waals surface area (Å²) in [6.07, 6.45) is 0.0859. The van der Waals surface area contributed by atoms with E-state index in [1.807, 2.05) is 79.7 Å². The van der Waals surface area contributed by atoms with Crippen molar-refractivity contribution < 1.29 is 19.5 Å². The number of aliphatic carboxylic acids is 1. The topological polar surface area (TPSA) is 71.4 Å². The van der Waals surface area contributed by atoms with Crippen molar-refractivity contribution in [2.45, 2.75) is 73.6 Å². The molecule has 2 aromatic rings. The van der Waals surface area contributed by atoms with E-state index in [-0.39, 0.29) is 18.0 Å². The molecule has 3 atom stereocenters. The summed E-state index contributed by atoms with van der Waals surface area (Å²) in [7, 11) is 0. The summed E-state index contributed by atoms with van der Waals surface area (Å²) in [5.41, 5.74) is 6.56. The van der Waals surface area contributed by atoms with Crippen LogP contribution >= 0.6 is 0 Å². The van der Waals surface area contributed by atoms with Gasteiger partial charge in [0.1, 0.15) is 5.41 Å². The van der Waals surface area contributed by atoms with Crippen LogP contribution in [0.15, 0.2) is 24.3 Å². The van der Waals surface area contributed by atoms with E-state index in [9.17, 15) is 19.5 Å². The molecule has 1 aliphatic rings. The summed E-state index contributed by atoms with van der Waals surface area (Å²) in [5, 5.41) is 9.78. The Bertz CT molecular complexity index is 1000. The first-order chi connectivity index (χ1) is 14.8. The predicted octanol–water partition coefficient (Wildman–Crippen LogP) is 5.67. The molecule has 0 aliphatic heterocycles. The first kappa shape index (κ1) is 23.9. The number of benzene rings is 2. The van der Waals surface area contributed by atoms with Gasteiger partial charge in [-0.25, -0.2) is 0 Å². The minimum absolute atomic E-state index is 0.0859. The standard InChI is InChI=1S/C28H34O4/c1-14-9-16(3)23(17(4)10-14)20(7)25(29)28(13-22(28)27(31)32)26(30)21(8)24-18(5)11-15(2)12-19(24)6/h9-12,20-22H,13H2,1-8H3,(H,31,32). The lowest BCUT2D eigenvalue weighted by atomic mass is 9.74. The van der Waals surface area contributed by atoms with Crippen LogP contribution in [0.25, 0.3) is 0 Å². The van der Waals surface area contributed by atoms with Gasteiger partial charge in [-0.2, -0.15) is 0 Å². The minimum Gasteiger partial charge on any atom is -0.481 e. The van der Waals surface area contributed by atoms with Crippen molar-refractivity contribution in [2.24, 2.45) is 11.3 Å². The van der Waals surface area contributed by atoms with Crippen molar-refractivity contribution in [3.05, 3.63) is 68.8 Å². The van der Waals surface area contributed by atoms with Gasteiger partial charge in [0.2, 0.25) is 0 Å². The first-order valence-corrected chi connectivity index (χ1v) is 11.3. The Morgan fingerprint density at radius 2 is 1.06 bits per heavy atom. The number of hydrogen-bond donors (Lipinski definition) is 1. The minimum atomic E-state index is -1.46. The lowest BCUT2D eigenvalue weighted by molar-refractivity contribution is -0.145. The van der Waals surface area contributed by atoms with Gasteiger partial charge in [0.25, 0.3) is 0 Å². The summed E-state index contributed by atoms with van der Waals surface area (Å²) >= 11 is 0. The van der Waals surface area contributed by atoms with Crippen LogP contribution in [0.1, 0.15) is 76.6 Å². The molecule has 170 valence electrons. The van der Waals surface area contributed by atoms with Crippen LogP contribution in [0.2, 0.25) is 0 Å². The summed E-state index contributed by atoms with van der Waals surface area (Å²) in [6.45, 7) is 15.5. The molecule has 0 radical (unpaired) electrons. The smallest absolute Gasteiger partial charge is 0.308 e. The van der Waals surface area contributed by atoms with Crippen LogP contribution in [0.5, 0.6) is 0 Å². The molecule has 4 heteroatoms.